The predicted octanol–water partition coefficient (Wildman–Crippen LogP) is 7.10. The molecule has 0 unspecified atom stereocenters. The maximum Gasteiger partial charge on any atom is 0.0767 e. The smallest absolute Gasteiger partial charge is 0.0767 e. The van der Waals surface area contributed by atoms with Crippen molar-refractivity contribution in [2.24, 2.45) is 0 Å². The van der Waals surface area contributed by atoms with Gasteiger partial charge in [-0.05, 0) is 48.0 Å². The molecule has 2 nitrogen and oxygen atoms in total. The lowest BCUT2D eigenvalue weighted by atomic mass is 10.0. The van der Waals surface area contributed by atoms with E-state index in [2.05, 4.69) is 6.07 Å². The fourth-order valence-electron chi connectivity index (χ4n) is 2.47. The summed E-state index contributed by atoms with van der Waals surface area (Å²) in [6.07, 6.45) is 0.203. The van der Waals surface area contributed by atoms with Gasteiger partial charge in [-0.2, -0.15) is 5.26 Å². The van der Waals surface area contributed by atoms with Gasteiger partial charge in [0.15, 0.2) is 0 Å². The van der Waals surface area contributed by atoms with Crippen molar-refractivity contribution in [3.8, 4) is 28.6 Å². The summed E-state index contributed by atoms with van der Waals surface area (Å²) in [6, 6.07) is 16.1. The zero-order chi connectivity index (χ0) is 18.0. The zero-order valence-electron chi connectivity index (χ0n) is 12.7. The zero-order valence-corrected chi connectivity index (χ0v) is 15.8. The third-order valence-corrected chi connectivity index (χ3v) is 4.77. The van der Waals surface area contributed by atoms with Gasteiger partial charge in [-0.1, -0.05) is 52.5 Å². The van der Waals surface area contributed by atoms with Gasteiger partial charge in [0, 0.05) is 21.2 Å². The molecule has 3 rings (SSSR count). The Kier molecular flexibility index (Phi) is 5.51. The lowest BCUT2D eigenvalue weighted by molar-refractivity contribution is 1.20. The van der Waals surface area contributed by atoms with E-state index in [0.717, 1.165) is 5.56 Å². The number of nitriles is 1. The van der Waals surface area contributed by atoms with Crippen LogP contribution in [0.25, 0.3) is 22.5 Å². The van der Waals surface area contributed by atoms with Gasteiger partial charge in [-0.3, -0.25) is 0 Å². The van der Waals surface area contributed by atoms with Crippen molar-refractivity contribution in [1.82, 2.24) is 4.98 Å². The maximum atomic E-state index is 9.11. The molecule has 0 N–H and O–H groups in total. The molecule has 1 heterocycles. The van der Waals surface area contributed by atoms with Crippen LogP contribution in [0.4, 0.5) is 0 Å². The molecular formula is C19H10Cl4N2. The van der Waals surface area contributed by atoms with Crippen LogP contribution >= 0.6 is 46.4 Å². The highest BCUT2D eigenvalue weighted by Gasteiger charge is 2.14. The molecule has 124 valence electrons. The number of rotatable bonds is 3. The summed E-state index contributed by atoms with van der Waals surface area (Å²) in [5.41, 5.74) is 3.37. The van der Waals surface area contributed by atoms with Gasteiger partial charge in [0.05, 0.1) is 33.9 Å². The van der Waals surface area contributed by atoms with E-state index >= 15 is 0 Å². The first-order chi connectivity index (χ1) is 12.0. The average Bonchev–Trinajstić information content (AvgIpc) is 2.60. The van der Waals surface area contributed by atoms with Crippen molar-refractivity contribution in [2.45, 2.75) is 6.42 Å². The van der Waals surface area contributed by atoms with E-state index < -0.39 is 0 Å². The van der Waals surface area contributed by atoms with Crippen LogP contribution in [0.3, 0.4) is 0 Å². The van der Waals surface area contributed by atoms with Gasteiger partial charge in [-0.25, -0.2) is 4.98 Å². The summed E-state index contributed by atoms with van der Waals surface area (Å²) in [4.78, 5) is 4.70. The molecule has 0 aliphatic heterocycles. The van der Waals surface area contributed by atoms with Gasteiger partial charge in [0.2, 0.25) is 0 Å². The Morgan fingerprint density at radius 1 is 0.800 bits per heavy atom. The monoisotopic (exact) mass is 406 g/mol. The van der Waals surface area contributed by atoms with Crippen LogP contribution in [-0.4, -0.2) is 4.98 Å². The molecule has 0 radical (unpaired) electrons. The van der Waals surface area contributed by atoms with Gasteiger partial charge < -0.3 is 0 Å². The minimum absolute atomic E-state index is 0.203. The molecule has 0 saturated carbocycles. The largest absolute Gasteiger partial charge is 0.247 e. The van der Waals surface area contributed by atoms with E-state index in [9.17, 15) is 0 Å². The van der Waals surface area contributed by atoms with Crippen LogP contribution in [0.2, 0.25) is 20.1 Å². The average molecular weight is 408 g/mol. The van der Waals surface area contributed by atoms with Crippen molar-refractivity contribution >= 4 is 46.4 Å². The van der Waals surface area contributed by atoms with Crippen LogP contribution < -0.4 is 0 Å². The summed E-state index contributed by atoms with van der Waals surface area (Å²) in [6.45, 7) is 0. The fourth-order valence-corrected chi connectivity index (χ4v) is 3.24. The first-order valence-electron chi connectivity index (χ1n) is 7.27. The van der Waals surface area contributed by atoms with E-state index in [1.165, 1.54) is 0 Å². The first-order valence-corrected chi connectivity index (χ1v) is 8.78. The van der Waals surface area contributed by atoms with Crippen molar-refractivity contribution in [3.05, 3.63) is 74.2 Å². The number of benzene rings is 2. The SMILES string of the molecule is N#CCc1ccc(-c2cc(Cl)ccc2Cl)nc1-c1cc(Cl)ccc1Cl. The second kappa shape index (κ2) is 7.64. The second-order valence-corrected chi connectivity index (χ2v) is 6.97. The molecule has 0 saturated heterocycles. The molecular weight excluding hydrogens is 398 g/mol. The molecule has 0 aliphatic carbocycles. The van der Waals surface area contributed by atoms with Crippen LogP contribution in [0.1, 0.15) is 5.56 Å². The van der Waals surface area contributed by atoms with Crippen LogP contribution in [0.5, 0.6) is 0 Å². The quantitative estimate of drug-likeness (QED) is 0.464. The highest BCUT2D eigenvalue weighted by atomic mass is 35.5. The molecule has 0 spiro atoms. The Morgan fingerprint density at radius 3 is 2.04 bits per heavy atom. The normalized spacial score (nSPS) is 10.5. The Morgan fingerprint density at radius 2 is 1.40 bits per heavy atom. The number of pyridine rings is 1. The van der Waals surface area contributed by atoms with Crippen molar-refractivity contribution in [3.63, 3.8) is 0 Å². The highest BCUT2D eigenvalue weighted by Crippen LogP contribution is 2.35. The maximum absolute atomic E-state index is 9.11. The summed E-state index contributed by atoms with van der Waals surface area (Å²) in [5, 5.41) is 11.2. The topological polar surface area (TPSA) is 36.7 Å². The number of hydrogen-bond donors (Lipinski definition) is 0. The van der Waals surface area contributed by atoms with Crippen molar-refractivity contribution in [2.75, 3.05) is 0 Å². The number of halogens is 4. The van der Waals surface area contributed by atoms with E-state index in [1.807, 2.05) is 12.1 Å². The third kappa shape index (κ3) is 3.92. The van der Waals surface area contributed by atoms with E-state index in [1.54, 1.807) is 36.4 Å². The number of aromatic nitrogens is 1. The number of nitrogens with zero attached hydrogens (tertiary/aromatic N) is 2. The molecule has 0 fully saturated rings. The van der Waals surface area contributed by atoms with E-state index in [-0.39, 0.29) is 6.42 Å². The molecule has 6 heteroatoms. The lowest BCUT2D eigenvalue weighted by Crippen LogP contribution is -1.96. The van der Waals surface area contributed by atoms with Gasteiger partial charge in [0.1, 0.15) is 0 Å². The molecule has 0 atom stereocenters. The summed E-state index contributed by atoms with van der Waals surface area (Å²) in [7, 11) is 0. The van der Waals surface area contributed by atoms with Gasteiger partial charge in [-0.15, -0.1) is 0 Å². The molecule has 0 aliphatic rings. The van der Waals surface area contributed by atoms with E-state index in [0.29, 0.717) is 42.6 Å². The Labute approximate surface area is 165 Å². The van der Waals surface area contributed by atoms with Gasteiger partial charge in [0.25, 0.3) is 0 Å². The minimum atomic E-state index is 0.203. The first kappa shape index (κ1) is 18.0. The van der Waals surface area contributed by atoms with Gasteiger partial charge >= 0.3 is 0 Å². The van der Waals surface area contributed by atoms with E-state index in [4.69, 9.17) is 56.6 Å². The second-order valence-electron chi connectivity index (χ2n) is 5.29. The molecule has 0 amide bonds. The standard InChI is InChI=1S/C19H10Cl4N2/c20-12-2-4-16(22)14(9-12)18-6-1-11(7-8-24)19(25-18)15-10-13(21)3-5-17(15)23/h1-6,9-10H,7H2. The molecule has 1 aromatic heterocycles. The fraction of sp³-hybridized carbons (Fsp3) is 0.0526. The Bertz CT molecular complexity index is 993. The van der Waals surface area contributed by atoms with Crippen LogP contribution in [0, 0.1) is 11.3 Å². The van der Waals surface area contributed by atoms with Crippen LogP contribution in [0.15, 0.2) is 48.5 Å². The lowest BCUT2D eigenvalue weighted by Gasteiger charge is -2.12. The molecule has 25 heavy (non-hydrogen) atoms. The van der Waals surface area contributed by atoms with Crippen molar-refractivity contribution < 1.29 is 0 Å². The molecule has 2 aromatic carbocycles. The predicted molar refractivity (Wildman–Crippen MR) is 104 cm³/mol. The summed E-state index contributed by atoms with van der Waals surface area (Å²) < 4.78 is 0. The highest BCUT2D eigenvalue weighted by molar-refractivity contribution is 6.36. The third-order valence-electron chi connectivity index (χ3n) is 3.64. The molecule has 3 aromatic rings. The van der Waals surface area contributed by atoms with Crippen LogP contribution in [-0.2, 0) is 6.42 Å². The summed E-state index contributed by atoms with van der Waals surface area (Å²) >= 11 is 24.8. The Hall–Kier alpha value is -1.76. The number of hydrogen-bond acceptors (Lipinski definition) is 2. The minimum Gasteiger partial charge on any atom is -0.247 e. The Balaban J connectivity index is 2.24. The van der Waals surface area contributed by atoms with Crippen molar-refractivity contribution in [1.29, 1.82) is 5.26 Å². The summed E-state index contributed by atoms with van der Waals surface area (Å²) in [5.74, 6) is 0. The molecule has 0 bridgehead atoms.